The number of hydrazine groups is 1. The summed E-state index contributed by atoms with van der Waals surface area (Å²) < 4.78 is 0. The molecule has 4 N–H and O–H groups in total. The number of carbonyl (C=O) groups is 1. The van der Waals surface area contributed by atoms with Crippen LogP contribution in [0, 0.1) is 11.3 Å². The SMILES string of the molecule is N#C/C(C(=O)Nc1cccc(Cl)c1)=C1\N=C(NN)c2ccccc21. The van der Waals surface area contributed by atoms with Gasteiger partial charge in [0.2, 0.25) is 0 Å². The molecule has 0 saturated heterocycles. The Hall–Kier alpha value is -3.14. The zero-order valence-corrected chi connectivity index (χ0v) is 13.1. The van der Waals surface area contributed by atoms with Crippen molar-refractivity contribution in [2.24, 2.45) is 10.8 Å². The molecule has 0 spiro atoms. The first-order chi connectivity index (χ1) is 11.6. The molecule has 2 aromatic carbocycles. The zero-order chi connectivity index (χ0) is 17.1. The van der Waals surface area contributed by atoms with Gasteiger partial charge in [-0.1, -0.05) is 41.9 Å². The Morgan fingerprint density at radius 1 is 1.17 bits per heavy atom. The minimum Gasteiger partial charge on any atom is -0.321 e. The summed E-state index contributed by atoms with van der Waals surface area (Å²) >= 11 is 5.90. The minimum atomic E-state index is -0.563. The van der Waals surface area contributed by atoms with Gasteiger partial charge in [-0.2, -0.15) is 5.26 Å². The van der Waals surface area contributed by atoms with Gasteiger partial charge >= 0.3 is 0 Å². The topological polar surface area (TPSA) is 103 Å². The molecule has 3 rings (SSSR count). The van der Waals surface area contributed by atoms with Crippen LogP contribution in [0.3, 0.4) is 0 Å². The number of benzene rings is 2. The molecular weight excluding hydrogens is 326 g/mol. The molecule has 118 valence electrons. The summed E-state index contributed by atoms with van der Waals surface area (Å²) in [6.07, 6.45) is 0. The maximum atomic E-state index is 12.5. The number of carbonyl (C=O) groups excluding carboxylic acids is 1. The molecule has 0 radical (unpaired) electrons. The van der Waals surface area contributed by atoms with E-state index >= 15 is 0 Å². The van der Waals surface area contributed by atoms with Gasteiger partial charge in [-0.05, 0) is 18.2 Å². The molecule has 7 heteroatoms. The molecule has 0 aromatic heterocycles. The van der Waals surface area contributed by atoms with Crippen molar-refractivity contribution < 1.29 is 4.79 Å². The predicted octanol–water partition coefficient (Wildman–Crippen LogP) is 2.44. The zero-order valence-electron chi connectivity index (χ0n) is 12.4. The van der Waals surface area contributed by atoms with Crippen molar-refractivity contribution >= 4 is 34.7 Å². The second-order valence-electron chi connectivity index (χ2n) is 4.95. The van der Waals surface area contributed by atoms with E-state index < -0.39 is 5.91 Å². The molecule has 1 aliphatic rings. The number of halogens is 1. The average Bonchev–Trinajstić information content (AvgIpc) is 2.94. The molecule has 1 amide bonds. The van der Waals surface area contributed by atoms with E-state index in [1.54, 1.807) is 36.4 Å². The monoisotopic (exact) mass is 337 g/mol. The third-order valence-corrected chi connectivity index (χ3v) is 3.69. The Labute approximate surface area is 143 Å². The van der Waals surface area contributed by atoms with Crippen LogP contribution in [0.4, 0.5) is 5.69 Å². The predicted molar refractivity (Wildman–Crippen MR) is 92.9 cm³/mol. The number of hydrogen-bond donors (Lipinski definition) is 3. The van der Waals surface area contributed by atoms with Crippen molar-refractivity contribution in [3.8, 4) is 6.07 Å². The van der Waals surface area contributed by atoms with Crippen LogP contribution in [-0.4, -0.2) is 11.7 Å². The fourth-order valence-corrected chi connectivity index (χ4v) is 2.59. The number of hydrogen-bond acceptors (Lipinski definition) is 5. The number of nitrogens with two attached hydrogens (primary N) is 1. The van der Waals surface area contributed by atoms with Gasteiger partial charge in [-0.3, -0.25) is 4.79 Å². The molecule has 0 saturated carbocycles. The highest BCUT2D eigenvalue weighted by Crippen LogP contribution is 2.30. The third kappa shape index (κ3) is 2.86. The molecule has 0 aliphatic carbocycles. The first-order valence-corrected chi connectivity index (χ1v) is 7.38. The molecule has 0 atom stereocenters. The normalized spacial score (nSPS) is 14.3. The Bertz CT molecular complexity index is 927. The van der Waals surface area contributed by atoms with Gasteiger partial charge in [-0.15, -0.1) is 0 Å². The summed E-state index contributed by atoms with van der Waals surface area (Å²) in [7, 11) is 0. The third-order valence-electron chi connectivity index (χ3n) is 3.46. The number of amidine groups is 1. The Kier molecular flexibility index (Phi) is 4.29. The fraction of sp³-hybridized carbons (Fsp3) is 0. The average molecular weight is 338 g/mol. The first kappa shape index (κ1) is 15.7. The van der Waals surface area contributed by atoms with Crippen molar-refractivity contribution in [2.45, 2.75) is 0 Å². The molecule has 0 bridgehead atoms. The van der Waals surface area contributed by atoms with E-state index in [-0.39, 0.29) is 11.3 Å². The lowest BCUT2D eigenvalue weighted by Gasteiger charge is -2.06. The molecule has 1 aliphatic heterocycles. The number of fused-ring (bicyclic) bond motifs is 1. The first-order valence-electron chi connectivity index (χ1n) is 7.00. The standard InChI is InChI=1S/C17H12ClN5O/c18-10-4-3-5-11(8-10)21-17(24)14(9-19)15-12-6-1-2-7-13(12)16(22-15)23-20/h1-8H,20H2,(H,21,24)(H,22,23)/b15-14+. The van der Waals surface area contributed by atoms with Crippen LogP contribution >= 0.6 is 11.6 Å². The van der Waals surface area contributed by atoms with E-state index in [0.717, 1.165) is 5.56 Å². The highest BCUT2D eigenvalue weighted by atomic mass is 35.5. The second-order valence-corrected chi connectivity index (χ2v) is 5.39. The molecular formula is C17H12ClN5O. The van der Waals surface area contributed by atoms with Crippen LogP contribution in [0.2, 0.25) is 5.02 Å². The summed E-state index contributed by atoms with van der Waals surface area (Å²) in [6.45, 7) is 0. The maximum Gasteiger partial charge on any atom is 0.268 e. The van der Waals surface area contributed by atoms with Crippen LogP contribution in [0.1, 0.15) is 11.1 Å². The number of nitrogens with one attached hydrogen (secondary N) is 2. The van der Waals surface area contributed by atoms with Crippen molar-refractivity contribution in [2.75, 3.05) is 5.32 Å². The number of nitrogens with zero attached hydrogens (tertiary/aromatic N) is 2. The van der Waals surface area contributed by atoms with E-state index in [0.29, 0.717) is 22.1 Å². The molecule has 6 nitrogen and oxygen atoms in total. The van der Waals surface area contributed by atoms with Crippen molar-refractivity contribution in [1.29, 1.82) is 5.26 Å². The van der Waals surface area contributed by atoms with Crippen LogP contribution in [-0.2, 0) is 4.79 Å². The van der Waals surface area contributed by atoms with E-state index in [4.69, 9.17) is 17.4 Å². The number of rotatable bonds is 2. The number of nitriles is 1. The molecule has 0 fully saturated rings. The quantitative estimate of drug-likeness (QED) is 0.339. The van der Waals surface area contributed by atoms with E-state index in [2.05, 4.69) is 15.7 Å². The summed E-state index contributed by atoms with van der Waals surface area (Å²) in [5.41, 5.74) is 4.55. The highest BCUT2D eigenvalue weighted by molar-refractivity contribution is 6.31. The van der Waals surface area contributed by atoms with E-state index in [9.17, 15) is 10.1 Å². The van der Waals surface area contributed by atoms with Crippen LogP contribution in [0.25, 0.3) is 5.70 Å². The smallest absolute Gasteiger partial charge is 0.268 e. The van der Waals surface area contributed by atoms with Crippen LogP contribution in [0.15, 0.2) is 59.1 Å². The molecule has 1 heterocycles. The summed E-state index contributed by atoms with van der Waals surface area (Å²) in [5, 5.41) is 12.6. The van der Waals surface area contributed by atoms with Crippen molar-refractivity contribution in [3.05, 3.63) is 70.3 Å². The van der Waals surface area contributed by atoms with Crippen molar-refractivity contribution in [1.82, 2.24) is 5.43 Å². The van der Waals surface area contributed by atoms with Crippen LogP contribution < -0.4 is 16.6 Å². The lowest BCUT2D eigenvalue weighted by molar-refractivity contribution is -0.112. The summed E-state index contributed by atoms with van der Waals surface area (Å²) in [4.78, 5) is 16.8. The van der Waals surface area contributed by atoms with Gasteiger partial charge in [0, 0.05) is 21.8 Å². The lowest BCUT2D eigenvalue weighted by atomic mass is 10.0. The van der Waals surface area contributed by atoms with Gasteiger partial charge in [0.25, 0.3) is 5.91 Å². The summed E-state index contributed by atoms with van der Waals surface area (Å²) in [5.74, 6) is 5.31. The molecule has 2 aromatic rings. The summed E-state index contributed by atoms with van der Waals surface area (Å²) in [6, 6.07) is 15.8. The number of aliphatic imine (C=N–C) groups is 1. The van der Waals surface area contributed by atoms with Crippen molar-refractivity contribution in [3.63, 3.8) is 0 Å². The lowest BCUT2D eigenvalue weighted by Crippen LogP contribution is -2.29. The Balaban J connectivity index is 2.02. The Morgan fingerprint density at radius 2 is 1.92 bits per heavy atom. The minimum absolute atomic E-state index is 0.104. The number of amides is 1. The van der Waals surface area contributed by atoms with Gasteiger partial charge in [0.05, 0.1) is 5.70 Å². The maximum absolute atomic E-state index is 12.5. The molecule has 24 heavy (non-hydrogen) atoms. The van der Waals surface area contributed by atoms with Crippen LogP contribution in [0.5, 0.6) is 0 Å². The van der Waals surface area contributed by atoms with Gasteiger partial charge in [0.1, 0.15) is 17.5 Å². The molecule has 0 unspecified atom stereocenters. The highest BCUT2D eigenvalue weighted by Gasteiger charge is 2.25. The fourth-order valence-electron chi connectivity index (χ4n) is 2.40. The van der Waals surface area contributed by atoms with Gasteiger partial charge in [0.15, 0.2) is 0 Å². The van der Waals surface area contributed by atoms with E-state index in [1.807, 2.05) is 18.2 Å². The second kappa shape index (κ2) is 6.54. The largest absolute Gasteiger partial charge is 0.321 e. The van der Waals surface area contributed by atoms with Gasteiger partial charge < -0.3 is 10.7 Å². The Morgan fingerprint density at radius 3 is 2.58 bits per heavy atom. The number of anilines is 1. The van der Waals surface area contributed by atoms with Gasteiger partial charge in [-0.25, -0.2) is 10.8 Å². The van der Waals surface area contributed by atoms with E-state index in [1.165, 1.54) is 0 Å².